The van der Waals surface area contributed by atoms with Crippen molar-refractivity contribution in [2.24, 2.45) is 11.8 Å². The predicted molar refractivity (Wildman–Crippen MR) is 105 cm³/mol. The largest absolute Gasteiger partial charge is 0.481 e. The number of allylic oxidation sites excluding steroid dienone is 2. The predicted octanol–water partition coefficient (Wildman–Crippen LogP) is 4.26. The molecule has 0 saturated heterocycles. The topological polar surface area (TPSA) is 92.7 Å². The molecule has 2 N–H and O–H groups in total. The zero-order valence-electron chi connectivity index (χ0n) is 14.6. The lowest BCUT2D eigenvalue weighted by Crippen LogP contribution is -2.34. The number of amides is 1. The van der Waals surface area contributed by atoms with Crippen molar-refractivity contribution in [3.8, 4) is 10.4 Å². The number of rotatable bonds is 6. The van der Waals surface area contributed by atoms with Crippen LogP contribution >= 0.6 is 22.7 Å². The van der Waals surface area contributed by atoms with Crippen molar-refractivity contribution in [2.75, 3.05) is 11.9 Å². The number of ether oxygens (including phenoxy) is 1. The zero-order valence-corrected chi connectivity index (χ0v) is 16.3. The molecule has 0 aromatic carbocycles. The summed E-state index contributed by atoms with van der Waals surface area (Å²) in [6.45, 7) is 1.94. The van der Waals surface area contributed by atoms with Gasteiger partial charge in [-0.3, -0.25) is 9.59 Å². The highest BCUT2D eigenvalue weighted by Crippen LogP contribution is 2.39. The van der Waals surface area contributed by atoms with Crippen LogP contribution in [-0.2, 0) is 14.3 Å². The molecule has 2 aromatic heterocycles. The molecule has 0 fully saturated rings. The second-order valence-electron chi connectivity index (χ2n) is 6.03. The van der Waals surface area contributed by atoms with E-state index in [2.05, 4.69) is 5.32 Å². The SMILES string of the molecule is CCOC(=O)c1c(-c2cccs2)csc1NC(=O)[C@H]1CC=CC[C@H]1C(=O)O. The van der Waals surface area contributed by atoms with E-state index in [1.807, 2.05) is 29.0 Å². The molecule has 2 atom stereocenters. The van der Waals surface area contributed by atoms with Gasteiger partial charge in [-0.1, -0.05) is 18.2 Å². The summed E-state index contributed by atoms with van der Waals surface area (Å²) in [6.07, 6.45) is 4.29. The third kappa shape index (κ3) is 4.12. The van der Waals surface area contributed by atoms with E-state index >= 15 is 0 Å². The molecule has 0 saturated carbocycles. The van der Waals surface area contributed by atoms with Gasteiger partial charge in [0.25, 0.3) is 0 Å². The highest BCUT2D eigenvalue weighted by molar-refractivity contribution is 7.17. The van der Waals surface area contributed by atoms with Crippen molar-refractivity contribution < 1.29 is 24.2 Å². The molecule has 0 spiro atoms. The van der Waals surface area contributed by atoms with Crippen molar-refractivity contribution in [1.82, 2.24) is 0 Å². The maximum atomic E-state index is 12.8. The Kier molecular flexibility index (Phi) is 6.08. The standard InChI is InChI=1S/C19H19NO5S2/c1-2-25-19(24)15-13(14-8-5-9-26-14)10-27-17(15)20-16(21)11-6-3-4-7-12(11)18(22)23/h3-5,8-12H,2,6-7H2,1H3,(H,20,21)(H,22,23)/t11-,12+/m0/s1. The summed E-state index contributed by atoms with van der Waals surface area (Å²) in [5.74, 6) is -3.32. The van der Waals surface area contributed by atoms with Crippen molar-refractivity contribution in [2.45, 2.75) is 19.8 Å². The number of carbonyl (C=O) groups excluding carboxylic acids is 2. The Hall–Kier alpha value is -2.45. The van der Waals surface area contributed by atoms with E-state index < -0.39 is 29.7 Å². The lowest BCUT2D eigenvalue weighted by molar-refractivity contribution is -0.146. The molecule has 8 heteroatoms. The Bertz CT molecular complexity index is 869. The summed E-state index contributed by atoms with van der Waals surface area (Å²) in [7, 11) is 0. The molecule has 2 aromatic rings. The molecular weight excluding hydrogens is 386 g/mol. The van der Waals surface area contributed by atoms with Crippen LogP contribution in [0.15, 0.2) is 35.0 Å². The number of thiophene rings is 2. The van der Waals surface area contributed by atoms with Gasteiger partial charge < -0.3 is 15.2 Å². The van der Waals surface area contributed by atoms with Gasteiger partial charge >= 0.3 is 11.9 Å². The number of carbonyl (C=O) groups is 3. The van der Waals surface area contributed by atoms with Gasteiger partial charge in [-0.2, -0.15) is 0 Å². The van der Waals surface area contributed by atoms with Crippen LogP contribution in [0.2, 0.25) is 0 Å². The summed E-state index contributed by atoms with van der Waals surface area (Å²) < 4.78 is 5.17. The first-order chi connectivity index (χ1) is 13.0. The van der Waals surface area contributed by atoms with Crippen LogP contribution in [-0.4, -0.2) is 29.6 Å². The molecule has 1 aliphatic rings. The fraction of sp³-hybridized carbons (Fsp3) is 0.316. The van der Waals surface area contributed by atoms with Crippen LogP contribution in [0.25, 0.3) is 10.4 Å². The van der Waals surface area contributed by atoms with Gasteiger partial charge in [0, 0.05) is 15.8 Å². The number of hydrogen-bond acceptors (Lipinski definition) is 6. The maximum Gasteiger partial charge on any atom is 0.341 e. The molecule has 0 unspecified atom stereocenters. The molecule has 0 aliphatic heterocycles. The molecule has 3 rings (SSSR count). The first kappa shape index (κ1) is 19.3. The average Bonchev–Trinajstić information content (AvgIpc) is 3.31. The van der Waals surface area contributed by atoms with E-state index in [9.17, 15) is 19.5 Å². The minimum absolute atomic E-state index is 0.223. The molecule has 0 radical (unpaired) electrons. The smallest absolute Gasteiger partial charge is 0.341 e. The van der Waals surface area contributed by atoms with Crippen LogP contribution in [0.1, 0.15) is 30.1 Å². The van der Waals surface area contributed by atoms with Crippen molar-refractivity contribution >= 4 is 45.5 Å². The third-order valence-electron chi connectivity index (χ3n) is 4.38. The van der Waals surface area contributed by atoms with Gasteiger partial charge in [0.2, 0.25) is 5.91 Å². The molecule has 142 valence electrons. The molecule has 27 heavy (non-hydrogen) atoms. The summed E-state index contributed by atoms with van der Waals surface area (Å²) in [6, 6.07) is 3.78. The summed E-state index contributed by atoms with van der Waals surface area (Å²) >= 11 is 2.73. The van der Waals surface area contributed by atoms with Crippen LogP contribution < -0.4 is 5.32 Å². The monoisotopic (exact) mass is 405 g/mol. The summed E-state index contributed by atoms with van der Waals surface area (Å²) in [5, 5.41) is 16.3. The molecule has 6 nitrogen and oxygen atoms in total. The summed E-state index contributed by atoms with van der Waals surface area (Å²) in [5.41, 5.74) is 1.03. The number of carboxylic acids is 1. The number of anilines is 1. The lowest BCUT2D eigenvalue weighted by Gasteiger charge is -2.24. The Morgan fingerprint density at radius 2 is 1.96 bits per heavy atom. The second-order valence-corrected chi connectivity index (χ2v) is 7.86. The zero-order chi connectivity index (χ0) is 19.4. The van der Waals surface area contributed by atoms with Gasteiger partial charge in [0.15, 0.2) is 0 Å². The van der Waals surface area contributed by atoms with Gasteiger partial charge in [0.05, 0.1) is 18.4 Å². The van der Waals surface area contributed by atoms with Gasteiger partial charge in [0.1, 0.15) is 10.6 Å². The molecule has 2 heterocycles. The summed E-state index contributed by atoms with van der Waals surface area (Å²) in [4.78, 5) is 37.6. The van der Waals surface area contributed by atoms with E-state index in [1.54, 1.807) is 13.0 Å². The van der Waals surface area contributed by atoms with Crippen LogP contribution in [0, 0.1) is 11.8 Å². The first-order valence-electron chi connectivity index (χ1n) is 8.54. The van der Waals surface area contributed by atoms with Gasteiger partial charge in [-0.25, -0.2) is 4.79 Å². The van der Waals surface area contributed by atoms with Crippen LogP contribution in [0.5, 0.6) is 0 Å². The van der Waals surface area contributed by atoms with E-state index in [0.29, 0.717) is 29.0 Å². The first-order valence-corrected chi connectivity index (χ1v) is 10.3. The number of esters is 1. The molecular formula is C19H19NO5S2. The van der Waals surface area contributed by atoms with E-state index in [0.717, 1.165) is 4.88 Å². The molecule has 1 aliphatic carbocycles. The Morgan fingerprint density at radius 3 is 2.59 bits per heavy atom. The normalized spacial score (nSPS) is 18.9. The fourth-order valence-electron chi connectivity index (χ4n) is 3.05. The fourth-order valence-corrected chi connectivity index (χ4v) is 4.83. The minimum atomic E-state index is -0.990. The average molecular weight is 405 g/mol. The number of carboxylic acid groups (broad SMARTS) is 1. The van der Waals surface area contributed by atoms with Crippen LogP contribution in [0.4, 0.5) is 5.00 Å². The van der Waals surface area contributed by atoms with Gasteiger partial charge in [-0.05, 0) is 31.2 Å². The lowest BCUT2D eigenvalue weighted by atomic mass is 9.82. The highest BCUT2D eigenvalue weighted by atomic mass is 32.1. The molecule has 1 amide bonds. The van der Waals surface area contributed by atoms with E-state index in [1.165, 1.54) is 22.7 Å². The number of nitrogens with one attached hydrogen (secondary N) is 1. The van der Waals surface area contributed by atoms with Gasteiger partial charge in [-0.15, -0.1) is 22.7 Å². The maximum absolute atomic E-state index is 12.8. The Balaban J connectivity index is 1.90. The third-order valence-corrected chi connectivity index (χ3v) is 6.18. The van der Waals surface area contributed by atoms with Crippen molar-refractivity contribution in [3.63, 3.8) is 0 Å². The Labute approximate surface area is 164 Å². The quantitative estimate of drug-likeness (QED) is 0.553. The number of hydrogen-bond donors (Lipinski definition) is 2. The van der Waals surface area contributed by atoms with Crippen molar-refractivity contribution in [1.29, 1.82) is 0 Å². The highest BCUT2D eigenvalue weighted by Gasteiger charge is 2.35. The Morgan fingerprint density at radius 1 is 1.22 bits per heavy atom. The second kappa shape index (κ2) is 8.49. The molecule has 0 bridgehead atoms. The van der Waals surface area contributed by atoms with Crippen LogP contribution in [0.3, 0.4) is 0 Å². The minimum Gasteiger partial charge on any atom is -0.481 e. The van der Waals surface area contributed by atoms with Crippen molar-refractivity contribution in [3.05, 3.63) is 40.6 Å². The van der Waals surface area contributed by atoms with E-state index in [4.69, 9.17) is 4.74 Å². The number of aliphatic carboxylic acids is 1. The van der Waals surface area contributed by atoms with E-state index in [-0.39, 0.29) is 6.61 Å².